The van der Waals surface area contributed by atoms with Crippen molar-refractivity contribution in [2.75, 3.05) is 27.7 Å². The number of nitrogens with zero attached hydrogens (tertiary/aromatic N) is 1. The summed E-state index contributed by atoms with van der Waals surface area (Å²) in [4.78, 5) is 14.2. The Hall–Kier alpha value is -3.41. The maximum Gasteiger partial charge on any atom is 0.253 e. The molecule has 6 heteroatoms. The number of ether oxygens (including phenoxy) is 4. The van der Waals surface area contributed by atoms with Crippen molar-refractivity contribution in [3.05, 3.63) is 48.0 Å². The van der Waals surface area contributed by atoms with Crippen LogP contribution in [0.2, 0.25) is 0 Å². The lowest BCUT2D eigenvalue weighted by Gasteiger charge is -2.15. The van der Waals surface area contributed by atoms with Gasteiger partial charge in [-0.15, -0.1) is 0 Å². The smallest absolute Gasteiger partial charge is 0.253 e. The van der Waals surface area contributed by atoms with Gasteiger partial charge in [-0.3, -0.25) is 4.79 Å². The van der Waals surface area contributed by atoms with Gasteiger partial charge in [-0.2, -0.15) is 0 Å². The molecule has 0 N–H and O–H groups in total. The van der Waals surface area contributed by atoms with Gasteiger partial charge in [-0.05, 0) is 46.8 Å². The third-order valence-corrected chi connectivity index (χ3v) is 4.79. The molecule has 0 aromatic heterocycles. The van der Waals surface area contributed by atoms with E-state index in [1.807, 2.05) is 42.5 Å². The Morgan fingerprint density at radius 2 is 1.59 bits per heavy atom. The molecule has 1 amide bonds. The maximum absolute atomic E-state index is 12.6. The zero-order valence-corrected chi connectivity index (χ0v) is 14.9. The number of rotatable bonds is 2. The van der Waals surface area contributed by atoms with Gasteiger partial charge in [0.05, 0.1) is 0 Å². The molecule has 0 aliphatic carbocycles. The summed E-state index contributed by atoms with van der Waals surface area (Å²) in [6.45, 7) is 0.401. The molecule has 2 aliphatic rings. The van der Waals surface area contributed by atoms with Gasteiger partial charge in [0, 0.05) is 25.0 Å². The first-order valence-corrected chi connectivity index (χ1v) is 8.60. The minimum atomic E-state index is -0.0587. The van der Waals surface area contributed by atoms with Crippen LogP contribution in [0.1, 0.15) is 10.4 Å². The predicted octanol–water partition coefficient (Wildman–Crippen LogP) is 3.67. The molecule has 6 nitrogen and oxygen atoms in total. The molecule has 2 aliphatic heterocycles. The quantitative estimate of drug-likeness (QED) is 0.695. The first kappa shape index (κ1) is 15.8. The molecule has 3 aromatic rings. The van der Waals surface area contributed by atoms with Gasteiger partial charge in [-0.1, -0.05) is 12.1 Å². The fourth-order valence-electron chi connectivity index (χ4n) is 3.50. The summed E-state index contributed by atoms with van der Waals surface area (Å²) in [6.07, 6.45) is 0. The number of hydrogen-bond donors (Lipinski definition) is 0. The van der Waals surface area contributed by atoms with E-state index in [1.54, 1.807) is 19.0 Å². The zero-order valence-electron chi connectivity index (χ0n) is 14.9. The maximum atomic E-state index is 12.6. The van der Waals surface area contributed by atoms with E-state index in [1.165, 1.54) is 0 Å². The highest BCUT2D eigenvalue weighted by Gasteiger charge is 2.23. The minimum Gasteiger partial charge on any atom is -0.454 e. The van der Waals surface area contributed by atoms with Gasteiger partial charge < -0.3 is 23.8 Å². The Kier molecular flexibility index (Phi) is 3.40. The minimum absolute atomic E-state index is 0.0587. The summed E-state index contributed by atoms with van der Waals surface area (Å²) in [5.41, 5.74) is 2.42. The molecular formula is C21H17NO5. The fraction of sp³-hybridized carbons (Fsp3) is 0.190. The SMILES string of the molecule is CN(C)C(=O)c1cc(-c2ccc3c(c2)OCO3)c2c3c(ccc2c1)OCO3. The third kappa shape index (κ3) is 2.44. The summed E-state index contributed by atoms with van der Waals surface area (Å²) in [6, 6.07) is 13.4. The van der Waals surface area contributed by atoms with Crippen LogP contribution in [0, 0.1) is 0 Å². The molecule has 0 unspecified atom stereocenters. The van der Waals surface area contributed by atoms with Gasteiger partial charge in [0.2, 0.25) is 13.6 Å². The van der Waals surface area contributed by atoms with Crippen LogP contribution in [0.4, 0.5) is 0 Å². The van der Waals surface area contributed by atoms with Crippen LogP contribution >= 0.6 is 0 Å². The summed E-state index contributed by atoms with van der Waals surface area (Å²) in [5, 5.41) is 1.83. The van der Waals surface area contributed by atoms with Crippen LogP contribution in [0.25, 0.3) is 21.9 Å². The lowest BCUT2D eigenvalue weighted by Crippen LogP contribution is -2.21. The Bertz CT molecular complexity index is 1090. The number of hydrogen-bond acceptors (Lipinski definition) is 5. The van der Waals surface area contributed by atoms with Crippen molar-refractivity contribution >= 4 is 16.7 Å². The molecule has 0 radical (unpaired) electrons. The summed E-state index contributed by atoms with van der Waals surface area (Å²) >= 11 is 0. The topological polar surface area (TPSA) is 57.2 Å². The summed E-state index contributed by atoms with van der Waals surface area (Å²) < 4.78 is 22.2. The lowest BCUT2D eigenvalue weighted by atomic mass is 9.94. The molecule has 27 heavy (non-hydrogen) atoms. The van der Waals surface area contributed by atoms with Crippen LogP contribution in [0.15, 0.2) is 42.5 Å². The second-order valence-electron chi connectivity index (χ2n) is 6.69. The van der Waals surface area contributed by atoms with E-state index in [0.717, 1.165) is 21.9 Å². The van der Waals surface area contributed by atoms with Crippen molar-refractivity contribution in [1.29, 1.82) is 0 Å². The van der Waals surface area contributed by atoms with Gasteiger partial charge in [0.15, 0.2) is 23.0 Å². The van der Waals surface area contributed by atoms with Gasteiger partial charge in [-0.25, -0.2) is 0 Å². The highest BCUT2D eigenvalue weighted by atomic mass is 16.7. The first-order chi connectivity index (χ1) is 13.1. The number of fused-ring (bicyclic) bond motifs is 4. The number of carbonyl (C=O) groups is 1. The molecule has 5 rings (SSSR count). The van der Waals surface area contributed by atoms with E-state index >= 15 is 0 Å². The van der Waals surface area contributed by atoms with Crippen LogP contribution in [0.5, 0.6) is 23.0 Å². The standard InChI is InChI=1S/C21H17NO5/c1-22(2)21(23)14-7-13-4-6-17-20(27-11-25-17)19(13)15(8-14)12-3-5-16-18(9-12)26-10-24-16/h3-9H,10-11H2,1-2H3. The normalized spacial score (nSPS) is 13.9. The molecule has 3 aromatic carbocycles. The Labute approximate surface area is 155 Å². The van der Waals surface area contributed by atoms with E-state index in [2.05, 4.69) is 0 Å². The van der Waals surface area contributed by atoms with E-state index < -0.39 is 0 Å². The van der Waals surface area contributed by atoms with Crippen molar-refractivity contribution in [2.24, 2.45) is 0 Å². The second-order valence-corrected chi connectivity index (χ2v) is 6.69. The second kappa shape index (κ2) is 5.81. The molecule has 0 fully saturated rings. The van der Waals surface area contributed by atoms with E-state index in [4.69, 9.17) is 18.9 Å². The molecule has 2 heterocycles. The van der Waals surface area contributed by atoms with Crippen LogP contribution in [-0.4, -0.2) is 38.5 Å². The van der Waals surface area contributed by atoms with Crippen molar-refractivity contribution in [2.45, 2.75) is 0 Å². The van der Waals surface area contributed by atoms with Crippen LogP contribution in [0.3, 0.4) is 0 Å². The summed E-state index contributed by atoms with van der Waals surface area (Å²) in [5.74, 6) is 2.75. The number of amides is 1. The fourth-order valence-corrected chi connectivity index (χ4v) is 3.50. The predicted molar refractivity (Wildman–Crippen MR) is 99.6 cm³/mol. The van der Waals surface area contributed by atoms with Crippen molar-refractivity contribution in [3.8, 4) is 34.1 Å². The Balaban J connectivity index is 1.80. The molecular weight excluding hydrogens is 346 g/mol. The van der Waals surface area contributed by atoms with Gasteiger partial charge >= 0.3 is 0 Å². The Morgan fingerprint density at radius 3 is 2.44 bits per heavy atom. The van der Waals surface area contributed by atoms with Crippen LogP contribution < -0.4 is 18.9 Å². The molecule has 0 spiro atoms. The van der Waals surface area contributed by atoms with Crippen molar-refractivity contribution in [3.63, 3.8) is 0 Å². The number of carbonyl (C=O) groups excluding carboxylic acids is 1. The highest BCUT2D eigenvalue weighted by Crippen LogP contribution is 2.46. The van der Waals surface area contributed by atoms with Crippen LogP contribution in [-0.2, 0) is 0 Å². The zero-order chi connectivity index (χ0) is 18.5. The largest absolute Gasteiger partial charge is 0.454 e. The average molecular weight is 363 g/mol. The highest BCUT2D eigenvalue weighted by molar-refractivity contribution is 6.08. The lowest BCUT2D eigenvalue weighted by molar-refractivity contribution is 0.0828. The van der Waals surface area contributed by atoms with Crippen molar-refractivity contribution < 1.29 is 23.7 Å². The molecule has 0 bridgehead atoms. The third-order valence-electron chi connectivity index (χ3n) is 4.79. The van der Waals surface area contributed by atoms with E-state index in [9.17, 15) is 4.79 Å². The Morgan fingerprint density at radius 1 is 0.852 bits per heavy atom. The molecule has 136 valence electrons. The molecule has 0 atom stereocenters. The van der Waals surface area contributed by atoms with Gasteiger partial charge in [0.1, 0.15) is 0 Å². The summed E-state index contributed by atoms with van der Waals surface area (Å²) in [7, 11) is 3.48. The van der Waals surface area contributed by atoms with E-state index in [-0.39, 0.29) is 19.5 Å². The monoisotopic (exact) mass is 363 g/mol. The average Bonchev–Trinajstić information content (AvgIpc) is 3.34. The van der Waals surface area contributed by atoms with Gasteiger partial charge in [0.25, 0.3) is 5.91 Å². The number of benzene rings is 3. The first-order valence-electron chi connectivity index (χ1n) is 8.60. The van der Waals surface area contributed by atoms with E-state index in [0.29, 0.717) is 28.6 Å². The molecule has 0 saturated heterocycles. The molecule has 0 saturated carbocycles. The van der Waals surface area contributed by atoms with Crippen molar-refractivity contribution in [1.82, 2.24) is 4.90 Å².